The lowest BCUT2D eigenvalue weighted by atomic mass is 10.2. The largest absolute Gasteiger partial charge is 0.502 e. The van der Waals surface area contributed by atoms with Crippen LogP contribution in [0.15, 0.2) is 17.2 Å². The van der Waals surface area contributed by atoms with Crippen LogP contribution in [0.2, 0.25) is 0 Å². The summed E-state index contributed by atoms with van der Waals surface area (Å²) in [5.74, 6) is -2.32. The Balaban J connectivity index is 3.03. The summed E-state index contributed by atoms with van der Waals surface area (Å²) >= 11 is 0. The summed E-state index contributed by atoms with van der Waals surface area (Å²) in [5.41, 5.74) is 0.437. The average Bonchev–Trinajstić information content (AvgIpc) is 2.44. The van der Waals surface area contributed by atoms with Crippen molar-refractivity contribution in [1.29, 1.82) is 0 Å². The van der Waals surface area contributed by atoms with E-state index < -0.39 is 25.0 Å². The summed E-state index contributed by atoms with van der Waals surface area (Å²) in [6.07, 6.45) is 1.25. The number of aliphatic carboxylic acids is 2. The van der Waals surface area contributed by atoms with Gasteiger partial charge in [-0.05, 0) is 12.1 Å². The number of hydrogen-bond donors (Lipinski definition) is 3. The lowest BCUT2D eigenvalue weighted by molar-refractivity contribution is -0.141. The molecule has 0 radical (unpaired) electrons. The molecule has 0 aliphatic heterocycles. The molecule has 0 saturated heterocycles. The maximum absolute atomic E-state index is 10.7. The van der Waals surface area contributed by atoms with Gasteiger partial charge in [0, 0.05) is 5.56 Å². The van der Waals surface area contributed by atoms with Gasteiger partial charge in [-0.1, -0.05) is 0 Å². The van der Waals surface area contributed by atoms with Gasteiger partial charge in [-0.15, -0.1) is 0 Å². The number of carboxylic acid groups (broad SMARTS) is 2. The zero-order chi connectivity index (χ0) is 16.7. The van der Waals surface area contributed by atoms with Crippen LogP contribution in [0.3, 0.4) is 0 Å². The van der Waals surface area contributed by atoms with Gasteiger partial charge < -0.3 is 24.8 Å². The second kappa shape index (κ2) is 7.72. The Kier molecular flexibility index (Phi) is 5.99. The fourth-order valence-electron chi connectivity index (χ4n) is 1.59. The number of ether oxygens (including phenoxy) is 2. The predicted octanol–water partition coefficient (Wildman–Crippen LogP) is 0.214. The number of aromatic hydroxyl groups is 1. The molecule has 0 aliphatic rings. The molecule has 3 N–H and O–H groups in total. The molecule has 120 valence electrons. The highest BCUT2D eigenvalue weighted by molar-refractivity contribution is 5.82. The molecule has 9 heteroatoms. The van der Waals surface area contributed by atoms with Gasteiger partial charge in [0.2, 0.25) is 5.75 Å². The topological polar surface area (TPSA) is 129 Å². The van der Waals surface area contributed by atoms with Crippen LogP contribution in [0.25, 0.3) is 0 Å². The van der Waals surface area contributed by atoms with E-state index in [0.29, 0.717) is 5.56 Å². The molecule has 0 fully saturated rings. The minimum absolute atomic E-state index is 0.142. The van der Waals surface area contributed by atoms with Gasteiger partial charge in [0.1, 0.15) is 13.1 Å². The van der Waals surface area contributed by atoms with Gasteiger partial charge in [-0.3, -0.25) is 14.6 Å². The normalized spacial score (nSPS) is 10.5. The monoisotopic (exact) mass is 312 g/mol. The van der Waals surface area contributed by atoms with E-state index in [0.717, 1.165) is 5.01 Å². The van der Waals surface area contributed by atoms with Crippen LogP contribution in [0.4, 0.5) is 0 Å². The molecular formula is C13H16N2O7. The number of phenolic OH excluding ortho intramolecular Hbond substituents is 1. The van der Waals surface area contributed by atoms with Gasteiger partial charge in [0.05, 0.1) is 20.4 Å². The number of benzene rings is 1. The smallest absolute Gasteiger partial charge is 0.324 e. The number of hydrazone groups is 1. The van der Waals surface area contributed by atoms with Crippen molar-refractivity contribution in [3.63, 3.8) is 0 Å². The zero-order valence-corrected chi connectivity index (χ0v) is 12.0. The van der Waals surface area contributed by atoms with Crippen molar-refractivity contribution in [3.05, 3.63) is 17.7 Å². The molecule has 1 aromatic rings. The highest BCUT2D eigenvalue weighted by Gasteiger charge is 2.12. The Morgan fingerprint density at radius 2 is 1.59 bits per heavy atom. The maximum atomic E-state index is 10.7. The van der Waals surface area contributed by atoms with E-state index in [1.807, 2.05) is 0 Å². The Bertz CT molecular complexity index is 545. The van der Waals surface area contributed by atoms with Gasteiger partial charge in [-0.25, -0.2) is 0 Å². The molecule has 0 aliphatic carbocycles. The fourth-order valence-corrected chi connectivity index (χ4v) is 1.59. The van der Waals surface area contributed by atoms with Crippen LogP contribution in [-0.4, -0.2) is 65.8 Å². The second-order valence-electron chi connectivity index (χ2n) is 4.13. The Labute approximate surface area is 126 Å². The van der Waals surface area contributed by atoms with E-state index in [4.69, 9.17) is 19.7 Å². The number of hydrogen-bond acceptors (Lipinski definition) is 7. The predicted molar refractivity (Wildman–Crippen MR) is 75.6 cm³/mol. The highest BCUT2D eigenvalue weighted by atomic mass is 16.5. The van der Waals surface area contributed by atoms with Crippen LogP contribution in [0, 0.1) is 0 Å². The van der Waals surface area contributed by atoms with Crippen LogP contribution in [0.5, 0.6) is 17.2 Å². The standard InChI is InChI=1S/C13H16N2O7/c1-21-9-3-8(4-10(22-2)13(9)20)5-14-15(6-11(16)17)7-12(18)19/h3-5,20H,6-7H2,1-2H3,(H,16,17)(H,18,19)/b14-5-. The van der Waals surface area contributed by atoms with E-state index >= 15 is 0 Å². The summed E-state index contributed by atoms with van der Waals surface area (Å²) in [6.45, 7) is -1.12. The van der Waals surface area contributed by atoms with Gasteiger partial charge >= 0.3 is 11.9 Å². The second-order valence-corrected chi connectivity index (χ2v) is 4.13. The molecular weight excluding hydrogens is 296 g/mol. The summed E-state index contributed by atoms with van der Waals surface area (Å²) in [4.78, 5) is 21.3. The molecule has 0 aromatic heterocycles. The first kappa shape index (κ1) is 17.1. The summed E-state index contributed by atoms with van der Waals surface area (Å²) in [6, 6.07) is 2.89. The fraction of sp³-hybridized carbons (Fsp3) is 0.308. The maximum Gasteiger partial charge on any atom is 0.324 e. The summed E-state index contributed by atoms with van der Waals surface area (Å²) in [7, 11) is 2.72. The Hall–Kier alpha value is -2.97. The number of nitrogens with zero attached hydrogens (tertiary/aromatic N) is 2. The molecule has 22 heavy (non-hydrogen) atoms. The first-order valence-corrected chi connectivity index (χ1v) is 6.04. The van der Waals surface area contributed by atoms with E-state index in [2.05, 4.69) is 5.10 Å². The van der Waals surface area contributed by atoms with Crippen molar-refractivity contribution in [1.82, 2.24) is 5.01 Å². The molecule has 0 heterocycles. The molecule has 0 atom stereocenters. The lowest BCUT2D eigenvalue weighted by Crippen LogP contribution is -2.30. The van der Waals surface area contributed by atoms with Crippen molar-refractivity contribution < 1.29 is 34.4 Å². The van der Waals surface area contributed by atoms with Gasteiger partial charge in [0.25, 0.3) is 0 Å². The number of carbonyl (C=O) groups is 2. The van der Waals surface area contributed by atoms with Crippen molar-refractivity contribution in [3.8, 4) is 17.2 Å². The Morgan fingerprint density at radius 1 is 1.14 bits per heavy atom. The van der Waals surface area contributed by atoms with Crippen LogP contribution < -0.4 is 9.47 Å². The van der Waals surface area contributed by atoms with E-state index in [1.54, 1.807) is 0 Å². The molecule has 9 nitrogen and oxygen atoms in total. The molecule has 0 saturated carbocycles. The molecule has 1 aromatic carbocycles. The third kappa shape index (κ3) is 4.85. The van der Waals surface area contributed by atoms with Crippen molar-refractivity contribution in [2.24, 2.45) is 5.10 Å². The van der Waals surface area contributed by atoms with E-state index in [9.17, 15) is 14.7 Å². The minimum atomic E-state index is -1.21. The van der Waals surface area contributed by atoms with Gasteiger partial charge in [-0.2, -0.15) is 5.10 Å². The molecule has 0 unspecified atom stereocenters. The average molecular weight is 312 g/mol. The molecule has 1 rings (SSSR count). The van der Waals surface area contributed by atoms with Crippen LogP contribution in [-0.2, 0) is 9.59 Å². The number of carboxylic acids is 2. The number of methoxy groups -OCH3 is 2. The molecule has 0 spiro atoms. The van der Waals surface area contributed by atoms with E-state index in [1.165, 1.54) is 32.6 Å². The third-order valence-corrected chi connectivity index (χ3v) is 2.51. The first-order chi connectivity index (χ1) is 10.4. The van der Waals surface area contributed by atoms with E-state index in [-0.39, 0.29) is 17.2 Å². The molecule has 0 bridgehead atoms. The molecule has 0 amide bonds. The SMILES string of the molecule is COc1cc(/C=N\N(CC(=O)O)CC(=O)O)cc(OC)c1O. The number of phenols is 1. The van der Waals surface area contributed by atoms with Crippen LogP contribution in [0.1, 0.15) is 5.56 Å². The number of rotatable bonds is 8. The van der Waals surface area contributed by atoms with Gasteiger partial charge in [0.15, 0.2) is 11.5 Å². The Morgan fingerprint density at radius 3 is 1.95 bits per heavy atom. The minimum Gasteiger partial charge on any atom is -0.502 e. The first-order valence-electron chi connectivity index (χ1n) is 6.04. The lowest BCUT2D eigenvalue weighted by Gasteiger charge is -2.14. The zero-order valence-electron chi connectivity index (χ0n) is 12.0. The third-order valence-electron chi connectivity index (χ3n) is 2.51. The summed E-state index contributed by atoms with van der Waals surface area (Å²) in [5, 5.41) is 31.9. The highest BCUT2D eigenvalue weighted by Crippen LogP contribution is 2.36. The quantitative estimate of drug-likeness (QED) is 0.459. The van der Waals surface area contributed by atoms with Crippen LogP contribution >= 0.6 is 0 Å². The van der Waals surface area contributed by atoms with Crippen molar-refractivity contribution >= 4 is 18.2 Å². The summed E-state index contributed by atoms with van der Waals surface area (Å²) < 4.78 is 9.94. The van der Waals surface area contributed by atoms with Crippen molar-refractivity contribution in [2.75, 3.05) is 27.3 Å². The van der Waals surface area contributed by atoms with Crippen molar-refractivity contribution in [2.45, 2.75) is 0 Å².